The molecule has 2 amide bonds. The summed E-state index contributed by atoms with van der Waals surface area (Å²) in [5.41, 5.74) is -1.06. The van der Waals surface area contributed by atoms with E-state index in [0.717, 1.165) is 7.05 Å². The molecule has 0 saturated heterocycles. The lowest BCUT2D eigenvalue weighted by Crippen LogP contribution is -2.34. The van der Waals surface area contributed by atoms with Crippen molar-refractivity contribution in [3.05, 3.63) is 16.4 Å². The monoisotopic (exact) mass is 284 g/mol. The number of nitrogens with one attached hydrogen (secondary N) is 1. The Morgan fingerprint density at radius 1 is 1.50 bits per heavy atom. The highest BCUT2D eigenvalue weighted by molar-refractivity contribution is 6.32. The van der Waals surface area contributed by atoms with Gasteiger partial charge in [-0.3, -0.25) is 4.68 Å². The second kappa shape index (κ2) is 5.05. The molecule has 0 fully saturated rings. The molecule has 1 aromatic heterocycles. The first-order chi connectivity index (χ1) is 8.14. The van der Waals surface area contributed by atoms with Gasteiger partial charge >= 0.3 is 12.2 Å². The fourth-order valence-corrected chi connectivity index (χ4v) is 1.63. The lowest BCUT2D eigenvalue weighted by atomic mass is 10.3. The predicted molar refractivity (Wildman–Crippen MR) is 59.1 cm³/mol. The Kier molecular flexibility index (Phi) is 4.10. The molecule has 9 heteroatoms. The van der Waals surface area contributed by atoms with Crippen LogP contribution in [0.1, 0.15) is 11.4 Å². The molecule has 1 N–H and O–H groups in total. The van der Waals surface area contributed by atoms with E-state index in [-0.39, 0.29) is 12.2 Å². The number of hydrogen-bond acceptors (Lipinski definition) is 2. The van der Waals surface area contributed by atoms with Crippen molar-refractivity contribution in [2.75, 3.05) is 14.1 Å². The average Bonchev–Trinajstić information content (AvgIpc) is 2.49. The summed E-state index contributed by atoms with van der Waals surface area (Å²) in [7, 11) is 4.17. The summed E-state index contributed by atoms with van der Waals surface area (Å²) in [4.78, 5) is 12.5. The van der Waals surface area contributed by atoms with Gasteiger partial charge in [-0.25, -0.2) is 4.79 Å². The van der Waals surface area contributed by atoms with Crippen molar-refractivity contribution in [1.82, 2.24) is 20.0 Å². The molecule has 1 rings (SSSR count). The van der Waals surface area contributed by atoms with Gasteiger partial charge in [0.25, 0.3) is 0 Å². The van der Waals surface area contributed by atoms with Gasteiger partial charge < -0.3 is 10.2 Å². The molecule has 0 aromatic carbocycles. The highest BCUT2D eigenvalue weighted by Crippen LogP contribution is 2.35. The topological polar surface area (TPSA) is 50.2 Å². The van der Waals surface area contributed by atoms with Crippen LogP contribution in [0, 0.1) is 0 Å². The molecular formula is C9H12ClF3N4O. The number of amides is 2. The summed E-state index contributed by atoms with van der Waals surface area (Å²) in [6.45, 7) is -0.167. The lowest BCUT2D eigenvalue weighted by Gasteiger charge is -2.10. The van der Waals surface area contributed by atoms with Crippen molar-refractivity contribution in [2.45, 2.75) is 12.7 Å². The van der Waals surface area contributed by atoms with E-state index in [0.29, 0.717) is 4.68 Å². The van der Waals surface area contributed by atoms with E-state index in [1.54, 1.807) is 0 Å². The van der Waals surface area contributed by atoms with Gasteiger partial charge in [-0.2, -0.15) is 18.3 Å². The number of aromatic nitrogens is 2. The van der Waals surface area contributed by atoms with Gasteiger partial charge in [0.1, 0.15) is 5.69 Å². The van der Waals surface area contributed by atoms with Crippen LogP contribution in [0.15, 0.2) is 0 Å². The maximum absolute atomic E-state index is 12.6. The van der Waals surface area contributed by atoms with E-state index in [4.69, 9.17) is 11.6 Å². The maximum Gasteiger partial charge on any atom is 0.434 e. The predicted octanol–water partition coefficient (Wildman–Crippen LogP) is 1.86. The van der Waals surface area contributed by atoms with Crippen molar-refractivity contribution in [3.63, 3.8) is 0 Å². The van der Waals surface area contributed by atoms with Crippen LogP contribution < -0.4 is 5.32 Å². The normalized spacial score (nSPS) is 11.5. The summed E-state index contributed by atoms with van der Waals surface area (Å²) < 4.78 is 38.5. The van der Waals surface area contributed by atoms with Crippen LogP contribution in [0.5, 0.6) is 0 Å². The third-order valence-corrected chi connectivity index (χ3v) is 2.53. The molecule has 0 atom stereocenters. The van der Waals surface area contributed by atoms with Gasteiger partial charge in [-0.15, -0.1) is 0 Å². The molecule has 0 aliphatic carbocycles. The summed E-state index contributed by atoms with van der Waals surface area (Å²) >= 11 is 5.61. The molecule has 0 spiro atoms. The Morgan fingerprint density at radius 2 is 2.06 bits per heavy atom. The van der Waals surface area contributed by atoms with E-state index in [1.807, 2.05) is 0 Å². The molecule has 0 bridgehead atoms. The van der Waals surface area contributed by atoms with Crippen LogP contribution >= 0.6 is 11.6 Å². The molecule has 0 aliphatic heterocycles. The summed E-state index contributed by atoms with van der Waals surface area (Å²) in [6.07, 6.45) is -4.58. The molecular weight excluding hydrogens is 273 g/mol. The number of aryl methyl sites for hydroxylation is 1. The van der Waals surface area contributed by atoms with Crippen LogP contribution in [0.3, 0.4) is 0 Å². The van der Waals surface area contributed by atoms with E-state index in [2.05, 4.69) is 10.4 Å². The van der Waals surface area contributed by atoms with Gasteiger partial charge in [-0.1, -0.05) is 11.6 Å². The Bertz CT molecular complexity index is 455. The van der Waals surface area contributed by atoms with Crippen molar-refractivity contribution in [3.8, 4) is 0 Å². The zero-order valence-electron chi connectivity index (χ0n) is 9.97. The Hall–Kier alpha value is -1.44. The number of urea groups is 1. The smallest absolute Gasteiger partial charge is 0.332 e. The molecule has 0 aliphatic rings. The minimum Gasteiger partial charge on any atom is -0.332 e. The van der Waals surface area contributed by atoms with E-state index < -0.39 is 22.9 Å². The largest absolute Gasteiger partial charge is 0.434 e. The lowest BCUT2D eigenvalue weighted by molar-refractivity contribution is -0.143. The quantitative estimate of drug-likeness (QED) is 0.901. The zero-order valence-corrected chi connectivity index (χ0v) is 10.7. The van der Waals surface area contributed by atoms with Crippen molar-refractivity contribution in [1.29, 1.82) is 0 Å². The van der Waals surface area contributed by atoms with Gasteiger partial charge in [0, 0.05) is 21.1 Å². The molecule has 1 heterocycles. The number of alkyl halides is 3. The van der Waals surface area contributed by atoms with Gasteiger partial charge in [0.05, 0.1) is 11.6 Å². The minimum atomic E-state index is -4.58. The molecule has 18 heavy (non-hydrogen) atoms. The molecule has 5 nitrogen and oxygen atoms in total. The Balaban J connectivity index is 2.90. The fourth-order valence-electron chi connectivity index (χ4n) is 1.29. The SMILES string of the molecule is CN(C)C(=O)NCc1nn(C)c(C(F)(F)F)c1Cl. The number of carbonyl (C=O) groups is 1. The van der Waals surface area contributed by atoms with E-state index in [1.165, 1.54) is 19.0 Å². The number of rotatable bonds is 2. The molecule has 0 saturated carbocycles. The number of nitrogens with zero attached hydrogens (tertiary/aromatic N) is 3. The zero-order chi connectivity index (χ0) is 14.1. The molecule has 0 unspecified atom stereocenters. The van der Waals surface area contributed by atoms with Crippen molar-refractivity contribution in [2.24, 2.45) is 7.05 Å². The number of carbonyl (C=O) groups excluding carboxylic acids is 1. The van der Waals surface area contributed by atoms with Gasteiger partial charge in [0.15, 0.2) is 5.69 Å². The molecule has 0 radical (unpaired) electrons. The summed E-state index contributed by atoms with van der Waals surface area (Å²) in [5, 5.41) is 5.53. The third-order valence-electron chi connectivity index (χ3n) is 2.14. The van der Waals surface area contributed by atoms with Crippen molar-refractivity contribution < 1.29 is 18.0 Å². The maximum atomic E-state index is 12.6. The summed E-state index contributed by atoms with van der Waals surface area (Å²) in [6, 6.07) is -0.440. The highest BCUT2D eigenvalue weighted by Gasteiger charge is 2.38. The van der Waals surface area contributed by atoms with Crippen LogP contribution in [0.25, 0.3) is 0 Å². The first-order valence-corrected chi connectivity index (χ1v) is 5.26. The Labute approximate surface area is 106 Å². The average molecular weight is 285 g/mol. The van der Waals surface area contributed by atoms with Crippen LogP contribution in [0.2, 0.25) is 5.02 Å². The van der Waals surface area contributed by atoms with E-state index >= 15 is 0 Å². The Morgan fingerprint density at radius 3 is 2.44 bits per heavy atom. The number of halogens is 4. The second-order valence-corrected chi connectivity index (χ2v) is 4.16. The van der Waals surface area contributed by atoms with Crippen LogP contribution in [0.4, 0.5) is 18.0 Å². The standard InChI is InChI=1S/C9H12ClF3N4O/c1-16(2)8(18)14-4-5-6(10)7(9(11,12)13)17(3)15-5/h4H2,1-3H3,(H,14,18). The van der Waals surface area contributed by atoms with Crippen LogP contribution in [-0.4, -0.2) is 34.8 Å². The minimum absolute atomic E-state index is 0.0262. The summed E-state index contributed by atoms with van der Waals surface area (Å²) in [5.74, 6) is 0. The molecule has 1 aromatic rings. The highest BCUT2D eigenvalue weighted by atomic mass is 35.5. The fraction of sp³-hybridized carbons (Fsp3) is 0.556. The second-order valence-electron chi connectivity index (χ2n) is 3.78. The first kappa shape index (κ1) is 14.6. The molecule has 102 valence electrons. The van der Waals surface area contributed by atoms with Gasteiger partial charge in [0.2, 0.25) is 0 Å². The first-order valence-electron chi connectivity index (χ1n) is 4.88. The third kappa shape index (κ3) is 3.06. The van der Waals surface area contributed by atoms with Crippen molar-refractivity contribution >= 4 is 17.6 Å². The van der Waals surface area contributed by atoms with E-state index in [9.17, 15) is 18.0 Å². The van der Waals surface area contributed by atoms with Crippen LogP contribution in [-0.2, 0) is 19.8 Å². The van der Waals surface area contributed by atoms with Gasteiger partial charge in [-0.05, 0) is 0 Å². The number of hydrogen-bond donors (Lipinski definition) is 1.